The number of rotatable bonds is 38. The summed E-state index contributed by atoms with van der Waals surface area (Å²) in [5.41, 5.74) is 4.49. The SMILES string of the molecule is CCCCCCCCCCCCCCCCCC(=O)C(CN)(C(=O)CCCCCCCCCCCCCCCCC)C(C)(C)CCO. The molecule has 0 rings (SSSR count). The summed E-state index contributed by atoms with van der Waals surface area (Å²) < 4.78 is 0. The van der Waals surface area contributed by atoms with Crippen LogP contribution in [0.15, 0.2) is 0 Å². The minimum absolute atomic E-state index is 0.0131. The fraction of sp³-hybridized carbons (Fsp3) is 0.953. The van der Waals surface area contributed by atoms with Gasteiger partial charge in [-0.2, -0.15) is 0 Å². The lowest BCUT2D eigenvalue weighted by atomic mass is 9.58. The Kier molecular flexibility index (Phi) is 32.0. The molecule has 4 nitrogen and oxygen atoms in total. The molecule has 0 unspecified atom stereocenters. The van der Waals surface area contributed by atoms with Crippen LogP contribution in [0.4, 0.5) is 0 Å². The van der Waals surface area contributed by atoms with Crippen LogP contribution in [-0.2, 0) is 9.59 Å². The molecule has 0 aliphatic rings. The molecule has 0 amide bonds. The number of hydrogen-bond acceptors (Lipinski definition) is 4. The predicted molar refractivity (Wildman–Crippen MR) is 206 cm³/mol. The van der Waals surface area contributed by atoms with Crippen LogP contribution in [0.2, 0.25) is 0 Å². The molecule has 0 atom stereocenters. The Hall–Kier alpha value is -0.740. The zero-order valence-electron chi connectivity index (χ0n) is 32.6. The molecule has 0 saturated carbocycles. The summed E-state index contributed by atoms with van der Waals surface area (Å²) in [6.07, 6.45) is 40.0. The van der Waals surface area contributed by atoms with E-state index in [0.717, 1.165) is 38.5 Å². The first kappa shape index (κ1) is 46.3. The second-order valence-electron chi connectivity index (χ2n) is 15.7. The maximum absolute atomic E-state index is 13.8. The molecule has 0 aromatic heterocycles. The summed E-state index contributed by atoms with van der Waals surface area (Å²) in [6, 6.07) is 0. The van der Waals surface area contributed by atoms with Gasteiger partial charge < -0.3 is 10.8 Å². The van der Waals surface area contributed by atoms with Crippen LogP contribution in [0.25, 0.3) is 0 Å². The van der Waals surface area contributed by atoms with Gasteiger partial charge in [0.2, 0.25) is 0 Å². The Balaban J connectivity index is 4.29. The summed E-state index contributed by atoms with van der Waals surface area (Å²) in [7, 11) is 0. The van der Waals surface area contributed by atoms with Crippen LogP contribution < -0.4 is 5.73 Å². The van der Waals surface area contributed by atoms with Crippen molar-refractivity contribution in [2.45, 2.75) is 240 Å². The Labute approximate surface area is 295 Å². The first-order valence-electron chi connectivity index (χ1n) is 21.2. The van der Waals surface area contributed by atoms with Crippen molar-refractivity contribution in [2.24, 2.45) is 16.6 Å². The van der Waals surface area contributed by atoms with E-state index in [9.17, 15) is 14.7 Å². The van der Waals surface area contributed by atoms with Crippen molar-refractivity contribution in [1.29, 1.82) is 0 Å². The Morgan fingerprint density at radius 2 is 0.681 bits per heavy atom. The predicted octanol–water partition coefficient (Wildman–Crippen LogP) is 13.0. The number of Topliss-reactive ketones (excluding diaryl/α,β-unsaturated/α-hetero) is 2. The molecule has 0 radical (unpaired) electrons. The van der Waals surface area contributed by atoms with Gasteiger partial charge >= 0.3 is 0 Å². The van der Waals surface area contributed by atoms with Crippen LogP contribution >= 0.6 is 0 Å². The summed E-state index contributed by atoms with van der Waals surface area (Å²) in [5.74, 6) is 0.0261. The normalized spacial score (nSPS) is 12.2. The highest BCUT2D eigenvalue weighted by atomic mass is 16.3. The van der Waals surface area contributed by atoms with Gasteiger partial charge in [-0.15, -0.1) is 0 Å². The summed E-state index contributed by atoms with van der Waals surface area (Å²) in [6.45, 7) is 8.50. The molecule has 0 aromatic rings. The van der Waals surface area contributed by atoms with Gasteiger partial charge in [0, 0.05) is 26.0 Å². The third-order valence-corrected chi connectivity index (χ3v) is 11.2. The standard InChI is InChI=1S/C43H85NO3/c1-5-7-9-11-13-15-17-19-21-23-25-27-29-31-33-35-40(46)43(39-44,42(3,4)37-38-45)41(47)36-34-32-30-28-26-24-22-20-18-16-14-12-10-8-6-2/h45H,5-39,44H2,1-4H3. The number of ketones is 2. The van der Waals surface area contributed by atoms with Crippen LogP contribution in [0.5, 0.6) is 0 Å². The van der Waals surface area contributed by atoms with Crippen molar-refractivity contribution in [1.82, 2.24) is 0 Å². The lowest BCUT2D eigenvalue weighted by Gasteiger charge is -2.44. The van der Waals surface area contributed by atoms with Gasteiger partial charge in [0.1, 0.15) is 17.0 Å². The molecule has 0 heterocycles. The van der Waals surface area contributed by atoms with Gasteiger partial charge in [0.15, 0.2) is 0 Å². The van der Waals surface area contributed by atoms with Crippen molar-refractivity contribution in [3.8, 4) is 0 Å². The van der Waals surface area contributed by atoms with E-state index in [4.69, 9.17) is 5.73 Å². The maximum atomic E-state index is 13.8. The molecule has 3 N–H and O–H groups in total. The maximum Gasteiger partial charge on any atom is 0.148 e. The largest absolute Gasteiger partial charge is 0.396 e. The molecule has 0 aromatic carbocycles. The second-order valence-corrected chi connectivity index (χ2v) is 15.7. The minimum atomic E-state index is -1.18. The number of aliphatic hydroxyl groups excluding tert-OH is 1. The monoisotopic (exact) mass is 664 g/mol. The highest BCUT2D eigenvalue weighted by Gasteiger charge is 2.53. The lowest BCUT2D eigenvalue weighted by molar-refractivity contribution is -0.149. The number of unbranched alkanes of at least 4 members (excludes halogenated alkanes) is 28. The number of nitrogens with two attached hydrogens (primary N) is 1. The van der Waals surface area contributed by atoms with Crippen molar-refractivity contribution in [3.63, 3.8) is 0 Å². The highest BCUT2D eigenvalue weighted by molar-refractivity contribution is 6.08. The quantitative estimate of drug-likeness (QED) is 0.0509. The lowest BCUT2D eigenvalue weighted by Crippen LogP contribution is -2.55. The van der Waals surface area contributed by atoms with E-state index in [0.29, 0.717) is 19.3 Å². The van der Waals surface area contributed by atoms with Crippen molar-refractivity contribution in [2.75, 3.05) is 13.2 Å². The molecule has 47 heavy (non-hydrogen) atoms. The van der Waals surface area contributed by atoms with Gasteiger partial charge in [-0.05, 0) is 24.7 Å². The number of hydrogen-bond donors (Lipinski definition) is 2. The minimum Gasteiger partial charge on any atom is -0.396 e. The number of carbonyl (C=O) groups is 2. The van der Waals surface area contributed by atoms with E-state index in [1.807, 2.05) is 13.8 Å². The Morgan fingerprint density at radius 1 is 0.447 bits per heavy atom. The molecule has 0 spiro atoms. The van der Waals surface area contributed by atoms with Crippen molar-refractivity contribution < 1.29 is 14.7 Å². The van der Waals surface area contributed by atoms with Gasteiger partial charge in [-0.1, -0.05) is 207 Å². The topological polar surface area (TPSA) is 80.4 Å². The van der Waals surface area contributed by atoms with Crippen LogP contribution in [-0.4, -0.2) is 29.8 Å². The van der Waals surface area contributed by atoms with Gasteiger partial charge in [0.25, 0.3) is 0 Å². The molecule has 0 aliphatic carbocycles. The molecule has 0 fully saturated rings. The number of aliphatic hydroxyl groups is 1. The van der Waals surface area contributed by atoms with Crippen LogP contribution in [0.3, 0.4) is 0 Å². The van der Waals surface area contributed by atoms with Crippen LogP contribution in [0.1, 0.15) is 240 Å². The van der Waals surface area contributed by atoms with Crippen LogP contribution in [0, 0.1) is 10.8 Å². The van der Waals surface area contributed by atoms with Gasteiger partial charge in [0.05, 0.1) is 0 Å². The molecule has 0 bridgehead atoms. The fourth-order valence-corrected chi connectivity index (χ4v) is 7.65. The summed E-state index contributed by atoms with van der Waals surface area (Å²) in [5, 5.41) is 9.79. The molecular formula is C43H85NO3. The average Bonchev–Trinajstić information content (AvgIpc) is 3.05. The first-order valence-corrected chi connectivity index (χ1v) is 21.2. The zero-order chi connectivity index (χ0) is 34.9. The van der Waals surface area contributed by atoms with Gasteiger partial charge in [-0.25, -0.2) is 0 Å². The summed E-state index contributed by atoms with van der Waals surface area (Å²) >= 11 is 0. The second kappa shape index (κ2) is 32.5. The third kappa shape index (κ3) is 22.6. The smallest absolute Gasteiger partial charge is 0.148 e. The van der Waals surface area contributed by atoms with E-state index in [1.165, 1.54) is 154 Å². The highest BCUT2D eigenvalue weighted by Crippen LogP contribution is 2.45. The molecule has 4 heteroatoms. The van der Waals surface area contributed by atoms with Crippen molar-refractivity contribution in [3.05, 3.63) is 0 Å². The van der Waals surface area contributed by atoms with Crippen molar-refractivity contribution >= 4 is 11.6 Å². The first-order chi connectivity index (χ1) is 22.8. The fourth-order valence-electron chi connectivity index (χ4n) is 7.65. The summed E-state index contributed by atoms with van der Waals surface area (Å²) in [4.78, 5) is 27.5. The van der Waals surface area contributed by atoms with E-state index in [-0.39, 0.29) is 24.7 Å². The molecule has 280 valence electrons. The zero-order valence-corrected chi connectivity index (χ0v) is 32.6. The Bertz CT molecular complexity index is 657. The number of carbonyl (C=O) groups excluding carboxylic acids is 2. The average molecular weight is 664 g/mol. The van der Waals surface area contributed by atoms with E-state index in [2.05, 4.69) is 13.8 Å². The Morgan fingerprint density at radius 3 is 0.894 bits per heavy atom. The van der Waals surface area contributed by atoms with E-state index in [1.54, 1.807) is 0 Å². The molecule has 0 aliphatic heterocycles. The van der Waals surface area contributed by atoms with Gasteiger partial charge in [-0.3, -0.25) is 9.59 Å². The van der Waals surface area contributed by atoms with E-state index < -0.39 is 10.8 Å². The van der Waals surface area contributed by atoms with E-state index >= 15 is 0 Å². The molecule has 0 saturated heterocycles. The molecular weight excluding hydrogens is 578 g/mol. The third-order valence-electron chi connectivity index (χ3n) is 11.2.